The lowest BCUT2D eigenvalue weighted by molar-refractivity contribution is -0.111. The van der Waals surface area contributed by atoms with Gasteiger partial charge in [0, 0.05) is 30.1 Å². The number of sulfonamides is 1. The monoisotopic (exact) mass is 509 g/mol. The van der Waals surface area contributed by atoms with Crippen molar-refractivity contribution in [1.82, 2.24) is 9.62 Å². The Balaban J connectivity index is 1.28. The average molecular weight is 510 g/mol. The maximum Gasteiger partial charge on any atom is 0.251 e. The van der Waals surface area contributed by atoms with Crippen LogP contribution < -0.4 is 10.6 Å². The van der Waals surface area contributed by atoms with Gasteiger partial charge in [-0.25, -0.2) is 8.42 Å². The molecule has 35 heavy (non-hydrogen) atoms. The fourth-order valence-electron chi connectivity index (χ4n) is 3.87. The second kappa shape index (κ2) is 11.0. The van der Waals surface area contributed by atoms with Gasteiger partial charge >= 0.3 is 0 Å². The number of hydrogen-bond acceptors (Lipinski definition) is 5. The van der Waals surface area contributed by atoms with Crippen LogP contribution in [0.25, 0.3) is 0 Å². The minimum atomic E-state index is -3.71. The van der Waals surface area contributed by atoms with Gasteiger partial charge in [-0.15, -0.1) is 11.3 Å². The summed E-state index contributed by atoms with van der Waals surface area (Å²) < 4.78 is 27.6. The van der Waals surface area contributed by atoms with Crippen molar-refractivity contribution in [2.45, 2.75) is 37.2 Å². The number of nitrogens with zero attached hydrogens (tertiary/aromatic N) is 1. The van der Waals surface area contributed by atoms with E-state index in [1.54, 1.807) is 18.2 Å². The molecule has 0 aliphatic carbocycles. The molecule has 4 rings (SSSR count). The SMILES string of the molecule is C=CC(=O)Nc1cc2c(s1)CN(S(=O)(=O)c1ccc(C(=O)NCCCCc3ccccc3)cc1)C2. The van der Waals surface area contributed by atoms with Crippen LogP contribution in [0.3, 0.4) is 0 Å². The first kappa shape index (κ1) is 24.8. The standard InChI is InChI=1S/C26H27N3O4S2/c1-2-24(30)28-25-16-21-17-29(18-23(21)34-25)35(32,33)22-13-11-20(12-14-22)26(31)27-15-7-6-10-19-8-4-3-5-9-19/h2-5,8-9,11-14,16H,1,6-7,10,15,17-18H2,(H,27,31)(H,28,30). The van der Waals surface area contributed by atoms with E-state index in [0.29, 0.717) is 17.1 Å². The van der Waals surface area contributed by atoms with E-state index in [4.69, 9.17) is 0 Å². The summed E-state index contributed by atoms with van der Waals surface area (Å²) in [5.41, 5.74) is 2.58. The fourth-order valence-corrected chi connectivity index (χ4v) is 6.44. The lowest BCUT2D eigenvalue weighted by atomic mass is 10.1. The molecule has 7 nitrogen and oxygen atoms in total. The quantitative estimate of drug-likeness (QED) is 0.314. The first-order valence-corrected chi connectivity index (χ1v) is 13.6. The highest BCUT2D eigenvalue weighted by atomic mass is 32.2. The van der Waals surface area contributed by atoms with Crippen LogP contribution in [0.4, 0.5) is 5.00 Å². The van der Waals surface area contributed by atoms with Crippen LogP contribution in [0.5, 0.6) is 0 Å². The number of anilines is 1. The Morgan fingerprint density at radius 2 is 1.77 bits per heavy atom. The highest BCUT2D eigenvalue weighted by Crippen LogP contribution is 2.36. The van der Waals surface area contributed by atoms with Crippen molar-refractivity contribution in [3.05, 3.63) is 94.9 Å². The molecule has 3 aromatic rings. The van der Waals surface area contributed by atoms with Crippen LogP contribution in [0.1, 0.15) is 39.2 Å². The number of amides is 2. The number of nitrogens with one attached hydrogen (secondary N) is 2. The lowest BCUT2D eigenvalue weighted by Crippen LogP contribution is -2.26. The summed E-state index contributed by atoms with van der Waals surface area (Å²) in [7, 11) is -3.71. The maximum absolute atomic E-state index is 13.1. The predicted octanol–water partition coefficient (Wildman–Crippen LogP) is 4.33. The van der Waals surface area contributed by atoms with E-state index in [0.717, 1.165) is 29.7 Å². The summed E-state index contributed by atoms with van der Waals surface area (Å²) in [4.78, 5) is 25.0. The molecule has 0 saturated carbocycles. The average Bonchev–Trinajstić information content (AvgIpc) is 3.43. The molecule has 0 bridgehead atoms. The summed E-state index contributed by atoms with van der Waals surface area (Å²) in [6.07, 6.45) is 4.00. The molecule has 1 aromatic heterocycles. The number of unbranched alkanes of at least 4 members (excludes halogenated alkanes) is 1. The number of benzene rings is 2. The summed E-state index contributed by atoms with van der Waals surface area (Å²) in [5.74, 6) is -0.517. The van der Waals surface area contributed by atoms with Gasteiger partial charge < -0.3 is 10.6 Å². The van der Waals surface area contributed by atoms with Crippen LogP contribution >= 0.6 is 11.3 Å². The molecule has 0 radical (unpaired) electrons. The molecule has 0 unspecified atom stereocenters. The summed E-state index contributed by atoms with van der Waals surface area (Å²) in [6, 6.07) is 18.1. The van der Waals surface area contributed by atoms with E-state index in [1.165, 1.54) is 39.4 Å². The molecule has 0 saturated heterocycles. The molecule has 0 spiro atoms. The van der Waals surface area contributed by atoms with Gasteiger partial charge in [0.1, 0.15) is 0 Å². The molecular formula is C26H27N3O4S2. The zero-order valence-corrected chi connectivity index (χ0v) is 20.8. The van der Waals surface area contributed by atoms with Crippen LogP contribution in [0.15, 0.2) is 78.2 Å². The van der Waals surface area contributed by atoms with Crippen LogP contribution in [-0.4, -0.2) is 31.1 Å². The van der Waals surface area contributed by atoms with E-state index >= 15 is 0 Å². The largest absolute Gasteiger partial charge is 0.352 e. The van der Waals surface area contributed by atoms with Gasteiger partial charge in [0.2, 0.25) is 15.9 Å². The van der Waals surface area contributed by atoms with Gasteiger partial charge in [0.15, 0.2) is 0 Å². The molecule has 2 amide bonds. The zero-order valence-electron chi connectivity index (χ0n) is 19.2. The van der Waals surface area contributed by atoms with Gasteiger partial charge in [-0.05, 0) is 66.8 Å². The van der Waals surface area contributed by atoms with E-state index in [1.807, 2.05) is 18.2 Å². The van der Waals surface area contributed by atoms with Gasteiger partial charge in [0.25, 0.3) is 5.91 Å². The first-order chi connectivity index (χ1) is 16.9. The highest BCUT2D eigenvalue weighted by molar-refractivity contribution is 7.89. The summed E-state index contributed by atoms with van der Waals surface area (Å²) in [5, 5.41) is 6.28. The Bertz CT molecular complexity index is 1290. The zero-order chi connectivity index (χ0) is 24.8. The number of hydrogen-bond donors (Lipinski definition) is 2. The second-order valence-electron chi connectivity index (χ2n) is 8.25. The predicted molar refractivity (Wildman–Crippen MR) is 138 cm³/mol. The third-order valence-corrected chi connectivity index (χ3v) is 8.65. The van der Waals surface area contributed by atoms with E-state index in [-0.39, 0.29) is 29.8 Å². The third kappa shape index (κ3) is 6.05. The van der Waals surface area contributed by atoms with Crippen molar-refractivity contribution in [3.8, 4) is 0 Å². The van der Waals surface area contributed by atoms with E-state index in [9.17, 15) is 18.0 Å². The number of rotatable bonds is 10. The van der Waals surface area contributed by atoms with Crippen molar-refractivity contribution in [2.24, 2.45) is 0 Å². The number of fused-ring (bicyclic) bond motifs is 1. The fraction of sp³-hybridized carbons (Fsp3) is 0.231. The Morgan fingerprint density at radius 1 is 1.03 bits per heavy atom. The van der Waals surface area contributed by atoms with E-state index < -0.39 is 10.0 Å². The van der Waals surface area contributed by atoms with Crippen molar-refractivity contribution in [1.29, 1.82) is 0 Å². The lowest BCUT2D eigenvalue weighted by Gasteiger charge is -2.16. The molecule has 9 heteroatoms. The molecule has 0 fully saturated rings. The Hall–Kier alpha value is -3.27. The number of carbonyl (C=O) groups is 2. The van der Waals surface area contributed by atoms with Crippen molar-refractivity contribution in [3.63, 3.8) is 0 Å². The summed E-state index contributed by atoms with van der Waals surface area (Å²) >= 11 is 1.36. The second-order valence-corrected chi connectivity index (χ2v) is 11.3. The third-order valence-electron chi connectivity index (χ3n) is 5.77. The molecule has 2 N–H and O–H groups in total. The number of thiophene rings is 1. The molecule has 182 valence electrons. The molecular weight excluding hydrogens is 482 g/mol. The van der Waals surface area contributed by atoms with Crippen LogP contribution in [-0.2, 0) is 34.3 Å². The van der Waals surface area contributed by atoms with Gasteiger partial charge in [-0.3, -0.25) is 9.59 Å². The molecule has 1 aliphatic heterocycles. The molecule has 2 heterocycles. The first-order valence-electron chi connectivity index (χ1n) is 11.3. The van der Waals surface area contributed by atoms with Gasteiger partial charge in [-0.1, -0.05) is 36.9 Å². The van der Waals surface area contributed by atoms with Crippen LogP contribution in [0, 0.1) is 0 Å². The number of aryl methyl sites for hydroxylation is 1. The highest BCUT2D eigenvalue weighted by Gasteiger charge is 2.32. The maximum atomic E-state index is 13.1. The van der Waals surface area contributed by atoms with Crippen molar-refractivity contribution in [2.75, 3.05) is 11.9 Å². The van der Waals surface area contributed by atoms with E-state index in [2.05, 4.69) is 29.3 Å². The molecule has 1 aliphatic rings. The smallest absolute Gasteiger partial charge is 0.251 e. The number of carbonyl (C=O) groups excluding carboxylic acids is 2. The minimum Gasteiger partial charge on any atom is -0.352 e. The molecule has 2 aromatic carbocycles. The van der Waals surface area contributed by atoms with Crippen LogP contribution in [0.2, 0.25) is 0 Å². The van der Waals surface area contributed by atoms with Gasteiger partial charge in [0.05, 0.1) is 9.90 Å². The van der Waals surface area contributed by atoms with Crippen molar-refractivity contribution >= 4 is 38.2 Å². The normalized spacial score (nSPS) is 13.3. The Morgan fingerprint density at radius 3 is 2.46 bits per heavy atom. The topological polar surface area (TPSA) is 95.6 Å². The van der Waals surface area contributed by atoms with Crippen molar-refractivity contribution < 1.29 is 18.0 Å². The Labute approximate surface area is 209 Å². The summed E-state index contributed by atoms with van der Waals surface area (Å²) in [6.45, 7) is 4.48. The van der Waals surface area contributed by atoms with Gasteiger partial charge in [-0.2, -0.15) is 4.31 Å². The Kier molecular flexibility index (Phi) is 7.80. The minimum absolute atomic E-state index is 0.146. The molecule has 0 atom stereocenters.